The van der Waals surface area contributed by atoms with E-state index in [9.17, 15) is 9.90 Å². The van der Waals surface area contributed by atoms with Gasteiger partial charge in [-0.25, -0.2) is 9.97 Å². The minimum Gasteiger partial charge on any atom is -0.495 e. The highest BCUT2D eigenvalue weighted by Crippen LogP contribution is 2.38. The van der Waals surface area contributed by atoms with Crippen LogP contribution in [0.25, 0.3) is 0 Å². The minimum absolute atomic E-state index is 0.0561. The highest BCUT2D eigenvalue weighted by Gasteiger charge is 2.40. The van der Waals surface area contributed by atoms with Crippen LogP contribution in [-0.2, 0) is 9.47 Å². The fourth-order valence-electron chi connectivity index (χ4n) is 5.18. The van der Waals surface area contributed by atoms with Crippen molar-refractivity contribution in [3.63, 3.8) is 0 Å². The van der Waals surface area contributed by atoms with Crippen LogP contribution < -0.4 is 26.0 Å². The first-order valence-electron chi connectivity index (χ1n) is 12.5. The molecule has 1 aromatic heterocycles. The summed E-state index contributed by atoms with van der Waals surface area (Å²) in [6.07, 6.45) is 6.06. The van der Waals surface area contributed by atoms with Gasteiger partial charge < -0.3 is 40.6 Å². The maximum atomic E-state index is 12.0. The Kier molecular flexibility index (Phi) is 7.13. The van der Waals surface area contributed by atoms with E-state index in [1.54, 1.807) is 7.11 Å². The Morgan fingerprint density at radius 2 is 1.92 bits per heavy atom. The summed E-state index contributed by atoms with van der Waals surface area (Å²) < 4.78 is 17.4. The second kappa shape index (κ2) is 10.5. The molecule has 1 saturated carbocycles. The lowest BCUT2D eigenvalue weighted by molar-refractivity contribution is -0.169. The van der Waals surface area contributed by atoms with Gasteiger partial charge in [-0.1, -0.05) is 0 Å². The normalized spacial score (nSPS) is 23.4. The van der Waals surface area contributed by atoms with Crippen LogP contribution >= 0.6 is 0 Å². The summed E-state index contributed by atoms with van der Waals surface area (Å²) in [5, 5.41) is 16.3. The van der Waals surface area contributed by atoms with Crippen molar-refractivity contribution < 1.29 is 24.1 Å². The monoisotopic (exact) mass is 498 g/mol. The Hall–Kier alpha value is -3.15. The number of anilines is 4. The SMILES string of the molecule is COc1cc(Nc2nc(N[C@H]3CC[C@H](O)CC3)cnc2C(N)=O)ccc1N1CCC2(CC1)OCCO2. The predicted octanol–water partition coefficient (Wildman–Crippen LogP) is 2.39. The lowest BCUT2D eigenvalue weighted by atomic mass is 9.93. The fraction of sp³-hybridized carbons (Fsp3) is 0.560. The lowest BCUT2D eigenvalue weighted by Gasteiger charge is -2.39. The molecule has 11 nitrogen and oxygen atoms in total. The molecule has 0 bridgehead atoms. The molecule has 5 N–H and O–H groups in total. The van der Waals surface area contributed by atoms with Gasteiger partial charge in [-0.2, -0.15) is 0 Å². The maximum absolute atomic E-state index is 12.0. The summed E-state index contributed by atoms with van der Waals surface area (Å²) in [4.78, 5) is 23.1. The molecule has 1 spiro atoms. The molecule has 2 saturated heterocycles. The summed E-state index contributed by atoms with van der Waals surface area (Å²) in [7, 11) is 1.64. The third-order valence-corrected chi connectivity index (χ3v) is 7.18. The molecule has 0 radical (unpaired) electrons. The number of aliphatic hydroxyl groups is 1. The zero-order chi connectivity index (χ0) is 25.1. The number of piperidine rings is 1. The molecule has 1 amide bonds. The van der Waals surface area contributed by atoms with Crippen molar-refractivity contribution in [2.45, 2.75) is 56.5 Å². The van der Waals surface area contributed by atoms with Crippen LogP contribution in [0.2, 0.25) is 0 Å². The zero-order valence-electron chi connectivity index (χ0n) is 20.5. The number of hydrogen-bond donors (Lipinski definition) is 4. The van der Waals surface area contributed by atoms with Crippen molar-refractivity contribution in [2.75, 3.05) is 48.9 Å². The second-order valence-electron chi connectivity index (χ2n) is 9.57. The van der Waals surface area contributed by atoms with Gasteiger partial charge in [0, 0.05) is 43.7 Å². The summed E-state index contributed by atoms with van der Waals surface area (Å²) in [6, 6.07) is 5.97. The number of hydrogen-bond acceptors (Lipinski definition) is 10. The van der Waals surface area contributed by atoms with Gasteiger partial charge in [-0.3, -0.25) is 4.79 Å². The maximum Gasteiger partial charge on any atom is 0.271 e. The fourth-order valence-corrected chi connectivity index (χ4v) is 5.18. The van der Waals surface area contributed by atoms with E-state index in [1.165, 1.54) is 6.20 Å². The number of nitrogens with two attached hydrogens (primary N) is 1. The Morgan fingerprint density at radius 3 is 2.58 bits per heavy atom. The van der Waals surface area contributed by atoms with E-state index in [1.807, 2.05) is 18.2 Å². The van der Waals surface area contributed by atoms with Crippen molar-refractivity contribution in [1.29, 1.82) is 0 Å². The summed E-state index contributed by atoms with van der Waals surface area (Å²) in [6.45, 7) is 2.90. The molecule has 11 heteroatoms. The molecule has 1 aliphatic carbocycles. The Bertz CT molecular complexity index is 1070. The van der Waals surface area contributed by atoms with E-state index in [-0.39, 0.29) is 23.7 Å². The molecule has 2 aliphatic heterocycles. The number of aromatic nitrogens is 2. The van der Waals surface area contributed by atoms with Crippen LogP contribution in [0, 0.1) is 0 Å². The third kappa shape index (κ3) is 5.32. The molecular formula is C25H34N6O5. The molecule has 0 unspecified atom stereocenters. The highest BCUT2D eigenvalue weighted by atomic mass is 16.7. The molecule has 3 aliphatic rings. The highest BCUT2D eigenvalue weighted by molar-refractivity contribution is 5.96. The van der Waals surface area contributed by atoms with Gasteiger partial charge in [0.25, 0.3) is 5.91 Å². The molecule has 2 aromatic rings. The largest absolute Gasteiger partial charge is 0.495 e. The predicted molar refractivity (Wildman–Crippen MR) is 135 cm³/mol. The molecule has 3 heterocycles. The van der Waals surface area contributed by atoms with Crippen LogP contribution in [-0.4, -0.2) is 72.3 Å². The number of nitrogens with zero attached hydrogens (tertiary/aromatic N) is 3. The van der Waals surface area contributed by atoms with E-state index in [2.05, 4.69) is 25.5 Å². The smallest absolute Gasteiger partial charge is 0.271 e. The second-order valence-corrected chi connectivity index (χ2v) is 9.57. The number of methoxy groups -OCH3 is 1. The van der Waals surface area contributed by atoms with Gasteiger partial charge in [-0.05, 0) is 37.8 Å². The van der Waals surface area contributed by atoms with E-state index >= 15 is 0 Å². The quantitative estimate of drug-likeness (QED) is 0.449. The third-order valence-electron chi connectivity index (χ3n) is 7.18. The number of aliphatic hydroxyl groups excluding tert-OH is 1. The number of carbonyl (C=O) groups is 1. The number of amides is 1. The van der Waals surface area contributed by atoms with Crippen molar-refractivity contribution in [2.24, 2.45) is 5.73 Å². The Morgan fingerprint density at radius 1 is 1.19 bits per heavy atom. The first-order valence-corrected chi connectivity index (χ1v) is 12.5. The Balaban J connectivity index is 1.31. The average Bonchev–Trinajstić information content (AvgIpc) is 3.34. The molecule has 0 atom stereocenters. The topological polar surface area (TPSA) is 144 Å². The van der Waals surface area contributed by atoms with Crippen LogP contribution in [0.3, 0.4) is 0 Å². The number of carbonyl (C=O) groups excluding carboxylic acids is 1. The molecule has 194 valence electrons. The minimum atomic E-state index is -0.667. The molecule has 36 heavy (non-hydrogen) atoms. The van der Waals surface area contributed by atoms with E-state index in [4.69, 9.17) is 19.9 Å². The van der Waals surface area contributed by atoms with Crippen molar-refractivity contribution in [1.82, 2.24) is 9.97 Å². The summed E-state index contributed by atoms with van der Waals surface area (Å²) >= 11 is 0. The van der Waals surface area contributed by atoms with Crippen LogP contribution in [0.5, 0.6) is 5.75 Å². The summed E-state index contributed by atoms with van der Waals surface area (Å²) in [5.74, 6) is 0.415. The lowest BCUT2D eigenvalue weighted by Crippen LogP contribution is -2.45. The van der Waals surface area contributed by atoms with Crippen LogP contribution in [0.15, 0.2) is 24.4 Å². The van der Waals surface area contributed by atoms with Crippen molar-refractivity contribution >= 4 is 28.9 Å². The molecule has 5 rings (SSSR count). The van der Waals surface area contributed by atoms with Crippen LogP contribution in [0.1, 0.15) is 49.0 Å². The van der Waals surface area contributed by atoms with Gasteiger partial charge >= 0.3 is 0 Å². The number of benzene rings is 1. The van der Waals surface area contributed by atoms with E-state index < -0.39 is 11.7 Å². The van der Waals surface area contributed by atoms with Gasteiger partial charge in [0.05, 0.1) is 38.3 Å². The van der Waals surface area contributed by atoms with Crippen LogP contribution in [0.4, 0.5) is 23.0 Å². The standard InChI is InChI=1S/C25H34N6O5/c1-34-20-14-17(4-7-19(20)31-10-8-25(9-11-31)35-12-13-36-25)29-24-22(23(26)33)27-15-21(30-24)28-16-2-5-18(32)6-3-16/h4,7,14-16,18,32H,2-3,5-6,8-13H2,1H3,(H2,26,33)(H2,28,29,30)/t16-,18-. The number of primary amides is 1. The summed E-state index contributed by atoms with van der Waals surface area (Å²) in [5.41, 5.74) is 7.29. The Labute approximate surface area is 210 Å². The number of nitrogens with one attached hydrogen (secondary N) is 2. The van der Waals surface area contributed by atoms with Gasteiger partial charge in [-0.15, -0.1) is 0 Å². The van der Waals surface area contributed by atoms with Crippen molar-refractivity contribution in [3.05, 3.63) is 30.1 Å². The average molecular weight is 499 g/mol. The first kappa shape index (κ1) is 24.5. The number of rotatable bonds is 7. The van der Waals surface area contributed by atoms with Crippen molar-refractivity contribution in [3.8, 4) is 5.75 Å². The molecular weight excluding hydrogens is 464 g/mol. The number of ether oxygens (including phenoxy) is 3. The van der Waals surface area contributed by atoms with E-state index in [0.717, 1.165) is 57.3 Å². The molecule has 1 aromatic carbocycles. The molecule has 3 fully saturated rings. The van der Waals surface area contributed by atoms with Gasteiger partial charge in [0.2, 0.25) is 0 Å². The van der Waals surface area contributed by atoms with E-state index in [0.29, 0.717) is 30.5 Å². The first-order chi connectivity index (χ1) is 17.4. The zero-order valence-corrected chi connectivity index (χ0v) is 20.5. The van der Waals surface area contributed by atoms with Gasteiger partial charge in [0.15, 0.2) is 17.3 Å². The van der Waals surface area contributed by atoms with Gasteiger partial charge in [0.1, 0.15) is 11.6 Å².